The predicted molar refractivity (Wildman–Crippen MR) is 71.1 cm³/mol. The Labute approximate surface area is 105 Å². The van der Waals surface area contributed by atoms with Crippen molar-refractivity contribution in [3.63, 3.8) is 0 Å². The summed E-state index contributed by atoms with van der Waals surface area (Å²) in [4.78, 5) is 10.2. The average molecular weight is 249 g/mol. The highest BCUT2D eigenvalue weighted by molar-refractivity contribution is 6.33. The Morgan fingerprint density at radius 3 is 2.65 bits per heavy atom. The predicted octanol–water partition coefficient (Wildman–Crippen LogP) is 2.94. The van der Waals surface area contributed by atoms with E-state index >= 15 is 0 Å². The largest absolute Gasteiger partial charge is 0.363 e. The Hall–Kier alpha value is -1.81. The van der Waals surface area contributed by atoms with Crippen LogP contribution in [-0.2, 0) is 0 Å². The zero-order valence-electron chi connectivity index (χ0n) is 9.68. The van der Waals surface area contributed by atoms with Gasteiger partial charge in [0.1, 0.15) is 18.0 Å². The second kappa shape index (κ2) is 5.01. The number of halogens is 1. The minimum Gasteiger partial charge on any atom is -0.363 e. The molecule has 1 aromatic carbocycles. The summed E-state index contributed by atoms with van der Waals surface area (Å²) < 4.78 is 0. The van der Waals surface area contributed by atoms with E-state index in [-0.39, 0.29) is 0 Å². The summed E-state index contributed by atoms with van der Waals surface area (Å²) in [5.41, 5.74) is 0.831. The van der Waals surface area contributed by atoms with Crippen LogP contribution in [0, 0.1) is 0 Å². The number of hydrogen-bond acceptors (Lipinski definition) is 4. The molecule has 2 aromatic rings. The molecule has 0 atom stereocenters. The van der Waals surface area contributed by atoms with Gasteiger partial charge < -0.3 is 10.2 Å². The van der Waals surface area contributed by atoms with Crippen molar-refractivity contribution in [3.05, 3.63) is 41.7 Å². The van der Waals surface area contributed by atoms with Crippen LogP contribution in [0.3, 0.4) is 0 Å². The molecule has 0 aliphatic rings. The summed E-state index contributed by atoms with van der Waals surface area (Å²) in [5, 5.41) is 3.82. The molecular formula is C12H13ClN4. The molecule has 0 fully saturated rings. The molecule has 0 aliphatic heterocycles. The van der Waals surface area contributed by atoms with Crippen LogP contribution in [0.1, 0.15) is 0 Å². The van der Waals surface area contributed by atoms with Gasteiger partial charge in [0.25, 0.3) is 0 Å². The smallest absolute Gasteiger partial charge is 0.135 e. The minimum atomic E-state index is 0.664. The van der Waals surface area contributed by atoms with Gasteiger partial charge in [0.2, 0.25) is 0 Å². The molecule has 0 spiro atoms. The van der Waals surface area contributed by atoms with Crippen molar-refractivity contribution in [2.75, 3.05) is 24.3 Å². The Morgan fingerprint density at radius 1 is 1.18 bits per heavy atom. The van der Waals surface area contributed by atoms with Gasteiger partial charge in [-0.1, -0.05) is 23.7 Å². The minimum absolute atomic E-state index is 0.664. The molecule has 17 heavy (non-hydrogen) atoms. The molecule has 0 unspecified atom stereocenters. The van der Waals surface area contributed by atoms with Crippen molar-refractivity contribution in [2.45, 2.75) is 0 Å². The van der Waals surface area contributed by atoms with Gasteiger partial charge in [0, 0.05) is 20.2 Å². The molecule has 0 bridgehead atoms. The molecule has 1 N–H and O–H groups in total. The van der Waals surface area contributed by atoms with Gasteiger partial charge in [-0.05, 0) is 12.1 Å². The van der Waals surface area contributed by atoms with Crippen molar-refractivity contribution in [1.29, 1.82) is 0 Å². The zero-order valence-corrected chi connectivity index (χ0v) is 10.4. The van der Waals surface area contributed by atoms with E-state index < -0.39 is 0 Å². The molecule has 0 amide bonds. The van der Waals surface area contributed by atoms with E-state index in [0.717, 1.165) is 17.3 Å². The number of hydrogen-bond donors (Lipinski definition) is 1. The lowest BCUT2D eigenvalue weighted by Crippen LogP contribution is -2.11. The third-order valence-electron chi connectivity index (χ3n) is 2.25. The van der Waals surface area contributed by atoms with Gasteiger partial charge in [-0.15, -0.1) is 0 Å². The van der Waals surface area contributed by atoms with Crippen molar-refractivity contribution < 1.29 is 0 Å². The Morgan fingerprint density at radius 2 is 1.94 bits per heavy atom. The summed E-state index contributed by atoms with van der Waals surface area (Å²) in [6, 6.07) is 9.40. The molecule has 0 aliphatic carbocycles. The first-order chi connectivity index (χ1) is 8.16. The molecule has 4 nitrogen and oxygen atoms in total. The molecule has 0 saturated carbocycles. The van der Waals surface area contributed by atoms with Crippen LogP contribution in [0.2, 0.25) is 5.02 Å². The van der Waals surface area contributed by atoms with E-state index in [2.05, 4.69) is 15.3 Å². The summed E-state index contributed by atoms with van der Waals surface area (Å²) in [5.74, 6) is 1.56. The standard InChI is InChI=1S/C12H13ClN4/c1-17(2)12-7-11(14-8-15-12)16-10-6-4-3-5-9(10)13/h3-8H,1-2H3,(H,14,15,16). The van der Waals surface area contributed by atoms with Crippen molar-refractivity contribution in [1.82, 2.24) is 9.97 Å². The second-order valence-corrected chi connectivity index (χ2v) is 4.17. The van der Waals surface area contributed by atoms with Crippen molar-refractivity contribution in [2.24, 2.45) is 0 Å². The number of nitrogens with one attached hydrogen (secondary N) is 1. The first kappa shape index (κ1) is 11.7. The third-order valence-corrected chi connectivity index (χ3v) is 2.58. The van der Waals surface area contributed by atoms with Crippen LogP contribution in [-0.4, -0.2) is 24.1 Å². The van der Waals surface area contributed by atoms with E-state index in [1.54, 1.807) is 0 Å². The maximum atomic E-state index is 6.06. The fraction of sp³-hybridized carbons (Fsp3) is 0.167. The summed E-state index contributed by atoms with van der Waals surface area (Å²) in [7, 11) is 3.86. The number of para-hydroxylation sites is 1. The highest BCUT2D eigenvalue weighted by Gasteiger charge is 2.03. The van der Waals surface area contributed by atoms with Crippen LogP contribution >= 0.6 is 11.6 Å². The van der Waals surface area contributed by atoms with E-state index in [1.807, 2.05) is 49.3 Å². The van der Waals surface area contributed by atoms with Gasteiger partial charge in [0.15, 0.2) is 0 Å². The first-order valence-electron chi connectivity index (χ1n) is 5.18. The van der Waals surface area contributed by atoms with Gasteiger partial charge in [-0.25, -0.2) is 9.97 Å². The van der Waals surface area contributed by atoms with Crippen LogP contribution in [0.25, 0.3) is 0 Å². The Balaban J connectivity index is 2.25. The lowest BCUT2D eigenvalue weighted by molar-refractivity contribution is 1.04. The molecule has 2 rings (SSSR count). The van der Waals surface area contributed by atoms with Crippen LogP contribution in [0.4, 0.5) is 17.3 Å². The summed E-state index contributed by atoms with van der Waals surface area (Å²) in [6.45, 7) is 0. The quantitative estimate of drug-likeness (QED) is 0.907. The zero-order chi connectivity index (χ0) is 12.3. The van der Waals surface area contributed by atoms with Gasteiger partial charge in [-0.2, -0.15) is 0 Å². The van der Waals surface area contributed by atoms with Gasteiger partial charge in [0.05, 0.1) is 10.7 Å². The third kappa shape index (κ3) is 2.85. The molecule has 0 saturated heterocycles. The van der Waals surface area contributed by atoms with E-state index in [4.69, 9.17) is 11.6 Å². The topological polar surface area (TPSA) is 41.0 Å². The average Bonchev–Trinajstić information content (AvgIpc) is 2.32. The van der Waals surface area contributed by atoms with E-state index in [1.165, 1.54) is 6.33 Å². The fourth-order valence-electron chi connectivity index (χ4n) is 1.36. The van der Waals surface area contributed by atoms with Gasteiger partial charge >= 0.3 is 0 Å². The van der Waals surface area contributed by atoms with Crippen LogP contribution < -0.4 is 10.2 Å². The summed E-state index contributed by atoms with van der Waals surface area (Å²) in [6.07, 6.45) is 1.52. The fourth-order valence-corrected chi connectivity index (χ4v) is 1.54. The molecule has 1 aromatic heterocycles. The molecule has 1 heterocycles. The number of benzene rings is 1. The first-order valence-corrected chi connectivity index (χ1v) is 5.55. The monoisotopic (exact) mass is 248 g/mol. The summed E-state index contributed by atoms with van der Waals surface area (Å²) >= 11 is 6.06. The SMILES string of the molecule is CN(C)c1cc(Nc2ccccc2Cl)ncn1. The van der Waals surface area contributed by atoms with E-state index in [0.29, 0.717) is 5.02 Å². The van der Waals surface area contributed by atoms with Crippen LogP contribution in [0.15, 0.2) is 36.7 Å². The Kier molecular flexibility index (Phi) is 3.44. The molecule has 88 valence electrons. The van der Waals surface area contributed by atoms with Crippen molar-refractivity contribution in [3.8, 4) is 0 Å². The lowest BCUT2D eigenvalue weighted by Gasteiger charge is -2.12. The van der Waals surface area contributed by atoms with Crippen molar-refractivity contribution >= 4 is 28.9 Å². The normalized spacial score (nSPS) is 10.1. The van der Waals surface area contributed by atoms with Crippen LogP contribution in [0.5, 0.6) is 0 Å². The molecule has 5 heteroatoms. The molecular weight excluding hydrogens is 236 g/mol. The lowest BCUT2D eigenvalue weighted by atomic mass is 10.3. The van der Waals surface area contributed by atoms with Gasteiger partial charge in [-0.3, -0.25) is 0 Å². The highest BCUT2D eigenvalue weighted by Crippen LogP contribution is 2.24. The number of nitrogens with zero attached hydrogens (tertiary/aromatic N) is 3. The Bertz CT molecular complexity index is 513. The second-order valence-electron chi connectivity index (χ2n) is 3.76. The van der Waals surface area contributed by atoms with E-state index in [9.17, 15) is 0 Å². The molecule has 0 radical (unpaired) electrons. The number of aromatic nitrogens is 2. The highest BCUT2D eigenvalue weighted by atomic mass is 35.5. The number of anilines is 3. The number of rotatable bonds is 3. The maximum Gasteiger partial charge on any atom is 0.135 e. The maximum absolute atomic E-state index is 6.06.